The Kier molecular flexibility index (Phi) is 4.27. The molecule has 1 aromatic carbocycles. The molecule has 1 atom stereocenters. The van der Waals surface area contributed by atoms with Crippen LogP contribution in [0.5, 0.6) is 0 Å². The minimum absolute atomic E-state index is 0.0361. The molecule has 4 nitrogen and oxygen atoms in total. The number of halogens is 2. The van der Waals surface area contributed by atoms with Crippen molar-refractivity contribution in [3.8, 4) is 0 Å². The molecule has 0 saturated heterocycles. The fraction of sp³-hybridized carbons (Fsp3) is 0.222. The van der Waals surface area contributed by atoms with Gasteiger partial charge in [0.15, 0.2) is 15.3 Å². The minimum Gasteiger partial charge on any atom is -0.224 e. The zero-order valence-electron chi connectivity index (χ0n) is 8.15. The van der Waals surface area contributed by atoms with Crippen molar-refractivity contribution in [2.75, 3.05) is 6.26 Å². The first kappa shape index (κ1) is 13.4. The van der Waals surface area contributed by atoms with Crippen molar-refractivity contribution in [1.29, 1.82) is 0 Å². The van der Waals surface area contributed by atoms with Crippen molar-refractivity contribution < 1.29 is 13.2 Å². The number of carbonyl (C=O) groups excluding carboxylic acids is 1. The van der Waals surface area contributed by atoms with Gasteiger partial charge >= 0.3 is 0 Å². The highest BCUT2D eigenvalue weighted by Gasteiger charge is 2.21. The zero-order chi connectivity index (χ0) is 12.3. The van der Waals surface area contributed by atoms with E-state index in [0.717, 1.165) is 6.26 Å². The molecule has 0 radical (unpaired) electrons. The lowest BCUT2D eigenvalue weighted by atomic mass is 10.2. The zero-order valence-corrected chi connectivity index (χ0v) is 11.3. The van der Waals surface area contributed by atoms with E-state index >= 15 is 0 Å². The van der Waals surface area contributed by atoms with Gasteiger partial charge in [-0.3, -0.25) is 0 Å². The van der Waals surface area contributed by atoms with Crippen LogP contribution in [0.3, 0.4) is 0 Å². The van der Waals surface area contributed by atoms with E-state index in [2.05, 4.69) is 20.9 Å². The van der Waals surface area contributed by atoms with Crippen LogP contribution in [0.25, 0.3) is 0 Å². The van der Waals surface area contributed by atoms with Crippen LogP contribution in [-0.4, -0.2) is 20.8 Å². The second-order valence-electron chi connectivity index (χ2n) is 2.99. The van der Waals surface area contributed by atoms with E-state index in [1.807, 2.05) is 0 Å². The van der Waals surface area contributed by atoms with Crippen LogP contribution in [0, 0.1) is 0 Å². The third-order valence-electron chi connectivity index (χ3n) is 1.79. The first-order valence-electron chi connectivity index (χ1n) is 4.07. The molecule has 0 spiro atoms. The molecular weight excluding hydrogens is 318 g/mol. The molecule has 1 aromatic rings. The predicted molar refractivity (Wildman–Crippen MR) is 64.0 cm³/mol. The Bertz CT molecular complexity index is 552. The lowest BCUT2D eigenvalue weighted by Crippen LogP contribution is -2.04. The highest BCUT2D eigenvalue weighted by molar-refractivity contribution is 9.10. The van der Waals surface area contributed by atoms with Crippen LogP contribution in [0.1, 0.15) is 11.1 Å². The summed E-state index contributed by atoms with van der Waals surface area (Å²) in [5.74, 6) is 0. The molecule has 0 aliphatic rings. The Morgan fingerprint density at radius 2 is 2.12 bits per heavy atom. The number of aliphatic imine (C=N–C) groups is 1. The van der Waals surface area contributed by atoms with E-state index in [9.17, 15) is 13.2 Å². The number of nitrogens with zero attached hydrogens (tertiary/aromatic N) is 1. The smallest absolute Gasteiger partial charge is 0.224 e. The molecule has 0 bridgehead atoms. The van der Waals surface area contributed by atoms with Gasteiger partial charge in [0.1, 0.15) is 0 Å². The fourth-order valence-electron chi connectivity index (χ4n) is 1.22. The van der Waals surface area contributed by atoms with E-state index < -0.39 is 15.3 Å². The van der Waals surface area contributed by atoms with Gasteiger partial charge in [0.05, 0.1) is 4.90 Å². The van der Waals surface area contributed by atoms with Crippen molar-refractivity contribution in [3.63, 3.8) is 0 Å². The van der Waals surface area contributed by atoms with Crippen LogP contribution in [-0.2, 0) is 14.6 Å². The first-order valence-corrected chi connectivity index (χ1v) is 7.19. The Balaban J connectivity index is 3.52. The second kappa shape index (κ2) is 5.10. The molecule has 0 aromatic heterocycles. The van der Waals surface area contributed by atoms with Gasteiger partial charge in [0.2, 0.25) is 6.08 Å². The van der Waals surface area contributed by atoms with Crippen LogP contribution >= 0.6 is 27.5 Å². The van der Waals surface area contributed by atoms with Gasteiger partial charge in [-0.15, -0.1) is 0 Å². The topological polar surface area (TPSA) is 63.6 Å². The SMILES string of the molecule is CS(=O)(=O)c1c(Br)cccc1C(Cl)N=C=O. The van der Waals surface area contributed by atoms with E-state index in [1.54, 1.807) is 12.1 Å². The maximum absolute atomic E-state index is 11.6. The molecule has 0 heterocycles. The van der Waals surface area contributed by atoms with Gasteiger partial charge in [0, 0.05) is 16.3 Å². The molecule has 0 amide bonds. The molecule has 0 aliphatic carbocycles. The van der Waals surface area contributed by atoms with Crippen LogP contribution in [0.4, 0.5) is 0 Å². The van der Waals surface area contributed by atoms with Crippen molar-refractivity contribution in [1.82, 2.24) is 0 Å². The standard InChI is InChI=1S/C9H7BrClNO3S/c1-16(14,15)8-6(9(11)12-5-13)3-2-4-7(8)10/h2-4,9H,1H3. The molecule has 0 N–H and O–H groups in total. The summed E-state index contributed by atoms with van der Waals surface area (Å²) in [5.41, 5.74) is -0.804. The number of isocyanates is 1. The Morgan fingerprint density at radius 1 is 1.50 bits per heavy atom. The van der Waals surface area contributed by atoms with E-state index in [0.29, 0.717) is 4.47 Å². The van der Waals surface area contributed by atoms with Gasteiger partial charge in [0.25, 0.3) is 0 Å². The summed E-state index contributed by atoms with van der Waals surface area (Å²) in [6.45, 7) is 0. The summed E-state index contributed by atoms with van der Waals surface area (Å²) in [6, 6.07) is 4.69. The van der Waals surface area contributed by atoms with E-state index in [-0.39, 0.29) is 10.5 Å². The van der Waals surface area contributed by atoms with E-state index in [1.165, 1.54) is 12.1 Å². The highest BCUT2D eigenvalue weighted by atomic mass is 79.9. The van der Waals surface area contributed by atoms with Gasteiger partial charge in [-0.25, -0.2) is 13.2 Å². The molecule has 0 saturated carbocycles. The van der Waals surface area contributed by atoms with Crippen molar-refractivity contribution in [3.05, 3.63) is 28.2 Å². The summed E-state index contributed by atoms with van der Waals surface area (Å²) >= 11 is 8.90. The monoisotopic (exact) mass is 323 g/mol. The van der Waals surface area contributed by atoms with Crippen molar-refractivity contribution in [2.24, 2.45) is 4.99 Å². The fourth-order valence-corrected chi connectivity index (χ4v) is 3.80. The molecular formula is C9H7BrClNO3S. The van der Waals surface area contributed by atoms with Crippen LogP contribution < -0.4 is 0 Å². The number of rotatable bonds is 3. The lowest BCUT2D eigenvalue weighted by Gasteiger charge is -2.10. The number of alkyl halides is 1. The van der Waals surface area contributed by atoms with E-state index in [4.69, 9.17) is 11.6 Å². The summed E-state index contributed by atoms with van der Waals surface area (Å²) in [6.07, 6.45) is 2.36. The maximum Gasteiger partial charge on any atom is 0.236 e. The molecule has 7 heteroatoms. The largest absolute Gasteiger partial charge is 0.236 e. The number of benzene rings is 1. The van der Waals surface area contributed by atoms with Crippen molar-refractivity contribution in [2.45, 2.75) is 10.4 Å². The predicted octanol–water partition coefficient (Wildman–Crippen LogP) is 2.43. The molecule has 1 unspecified atom stereocenters. The summed E-state index contributed by atoms with van der Waals surface area (Å²) in [5, 5.41) is 0. The minimum atomic E-state index is -3.45. The molecule has 86 valence electrons. The van der Waals surface area contributed by atoms with Gasteiger partial charge in [-0.1, -0.05) is 23.7 Å². The van der Waals surface area contributed by atoms with Gasteiger partial charge in [-0.2, -0.15) is 4.99 Å². The molecule has 0 fully saturated rings. The Morgan fingerprint density at radius 3 is 2.62 bits per heavy atom. The van der Waals surface area contributed by atoms with Crippen LogP contribution in [0.2, 0.25) is 0 Å². The molecule has 16 heavy (non-hydrogen) atoms. The summed E-state index contributed by atoms with van der Waals surface area (Å²) < 4.78 is 23.5. The second-order valence-corrected chi connectivity index (χ2v) is 6.21. The van der Waals surface area contributed by atoms with Gasteiger partial charge < -0.3 is 0 Å². The normalized spacial score (nSPS) is 12.9. The Labute approximate surface area is 106 Å². The van der Waals surface area contributed by atoms with Crippen LogP contribution in [0.15, 0.2) is 32.6 Å². The summed E-state index contributed by atoms with van der Waals surface area (Å²) in [4.78, 5) is 13.4. The van der Waals surface area contributed by atoms with Gasteiger partial charge in [-0.05, 0) is 22.0 Å². The molecule has 0 aliphatic heterocycles. The maximum atomic E-state index is 11.6. The first-order chi connectivity index (χ1) is 7.38. The number of hydrogen-bond acceptors (Lipinski definition) is 4. The highest BCUT2D eigenvalue weighted by Crippen LogP contribution is 2.33. The lowest BCUT2D eigenvalue weighted by molar-refractivity contribution is 0.562. The Hall–Kier alpha value is -0.680. The summed E-state index contributed by atoms with van der Waals surface area (Å²) in [7, 11) is -3.45. The average Bonchev–Trinajstić information content (AvgIpc) is 2.15. The number of sulfone groups is 1. The third-order valence-corrected chi connectivity index (χ3v) is 4.24. The average molecular weight is 325 g/mol. The third kappa shape index (κ3) is 2.92. The number of hydrogen-bond donors (Lipinski definition) is 0. The molecule has 1 rings (SSSR count). The quantitative estimate of drug-likeness (QED) is 0.371. The van der Waals surface area contributed by atoms with Crippen molar-refractivity contribution >= 4 is 43.4 Å².